The fourth-order valence-electron chi connectivity index (χ4n) is 1.71. The normalized spacial score (nSPS) is 15.8. The molecule has 0 unspecified atom stereocenters. The Labute approximate surface area is 83.2 Å². The zero-order valence-corrected chi connectivity index (χ0v) is 8.47. The zero-order chi connectivity index (χ0) is 10.2. The Morgan fingerprint density at radius 1 is 1.36 bits per heavy atom. The highest BCUT2D eigenvalue weighted by Crippen LogP contribution is 2.28. The summed E-state index contributed by atoms with van der Waals surface area (Å²) in [7, 11) is -3.61. The molecule has 4 nitrogen and oxygen atoms in total. The molecule has 0 saturated carbocycles. The molecule has 0 fully saturated rings. The number of sulfonamides is 1. The second-order valence-corrected chi connectivity index (χ2v) is 4.90. The molecule has 0 aliphatic carbocycles. The maximum absolute atomic E-state index is 11.2. The Hall–Kier alpha value is -1.07. The SMILES string of the molecule is NS(=O)(=O)c1cccc2c1NCCC2. The minimum atomic E-state index is -3.61. The van der Waals surface area contributed by atoms with Gasteiger partial charge in [0.05, 0.1) is 5.69 Å². The molecular weight excluding hydrogens is 200 g/mol. The van der Waals surface area contributed by atoms with Gasteiger partial charge in [-0.25, -0.2) is 13.6 Å². The molecule has 3 N–H and O–H groups in total. The van der Waals surface area contributed by atoms with Gasteiger partial charge in [0.15, 0.2) is 0 Å². The fraction of sp³-hybridized carbons (Fsp3) is 0.333. The third kappa shape index (κ3) is 1.60. The smallest absolute Gasteiger partial charge is 0.240 e. The van der Waals surface area contributed by atoms with Crippen LogP contribution < -0.4 is 10.5 Å². The number of para-hydroxylation sites is 1. The maximum Gasteiger partial charge on any atom is 0.240 e. The number of nitrogens with one attached hydrogen (secondary N) is 1. The molecule has 0 radical (unpaired) electrons. The topological polar surface area (TPSA) is 72.2 Å². The predicted octanol–water partition coefficient (Wildman–Crippen LogP) is 0.692. The molecule has 2 rings (SSSR count). The highest BCUT2D eigenvalue weighted by atomic mass is 32.2. The average molecular weight is 212 g/mol. The lowest BCUT2D eigenvalue weighted by atomic mass is 10.0. The van der Waals surface area contributed by atoms with Gasteiger partial charge in [-0.2, -0.15) is 0 Å². The van der Waals surface area contributed by atoms with E-state index in [2.05, 4.69) is 5.32 Å². The zero-order valence-electron chi connectivity index (χ0n) is 7.66. The summed E-state index contributed by atoms with van der Waals surface area (Å²) in [5, 5.41) is 8.19. The van der Waals surface area contributed by atoms with Crippen LogP contribution in [0.3, 0.4) is 0 Å². The summed E-state index contributed by atoms with van der Waals surface area (Å²) in [6.45, 7) is 0.805. The summed E-state index contributed by atoms with van der Waals surface area (Å²) >= 11 is 0. The van der Waals surface area contributed by atoms with E-state index in [1.165, 1.54) is 6.07 Å². The van der Waals surface area contributed by atoms with Crippen LogP contribution in [-0.4, -0.2) is 15.0 Å². The Bertz CT molecular complexity index is 454. The van der Waals surface area contributed by atoms with Gasteiger partial charge >= 0.3 is 0 Å². The van der Waals surface area contributed by atoms with Crippen LogP contribution in [0.2, 0.25) is 0 Å². The first-order valence-electron chi connectivity index (χ1n) is 4.47. The molecule has 0 spiro atoms. The third-order valence-corrected chi connectivity index (χ3v) is 3.30. The second kappa shape index (κ2) is 3.25. The highest BCUT2D eigenvalue weighted by molar-refractivity contribution is 7.89. The van der Waals surface area contributed by atoms with Crippen molar-refractivity contribution in [3.63, 3.8) is 0 Å². The van der Waals surface area contributed by atoms with Gasteiger partial charge in [-0.3, -0.25) is 0 Å². The van der Waals surface area contributed by atoms with E-state index < -0.39 is 10.0 Å². The molecule has 1 aliphatic heterocycles. The number of hydrogen-bond acceptors (Lipinski definition) is 3. The van der Waals surface area contributed by atoms with Crippen molar-refractivity contribution < 1.29 is 8.42 Å². The van der Waals surface area contributed by atoms with Gasteiger partial charge in [-0.05, 0) is 24.5 Å². The van der Waals surface area contributed by atoms with Crippen molar-refractivity contribution in [2.24, 2.45) is 5.14 Å². The largest absolute Gasteiger partial charge is 0.384 e. The van der Waals surface area contributed by atoms with E-state index in [4.69, 9.17) is 5.14 Å². The number of hydrogen-bond donors (Lipinski definition) is 2. The van der Waals surface area contributed by atoms with Crippen molar-refractivity contribution >= 4 is 15.7 Å². The molecule has 0 amide bonds. The summed E-state index contributed by atoms with van der Waals surface area (Å²) in [6.07, 6.45) is 1.94. The van der Waals surface area contributed by atoms with Crippen LogP contribution in [-0.2, 0) is 16.4 Å². The molecule has 14 heavy (non-hydrogen) atoms. The average Bonchev–Trinajstić information content (AvgIpc) is 2.15. The van der Waals surface area contributed by atoms with Crippen LogP contribution in [0.5, 0.6) is 0 Å². The second-order valence-electron chi connectivity index (χ2n) is 3.37. The Morgan fingerprint density at radius 2 is 2.14 bits per heavy atom. The summed E-state index contributed by atoms with van der Waals surface area (Å²) in [6, 6.07) is 5.19. The number of anilines is 1. The molecule has 0 bridgehead atoms. The van der Waals surface area contributed by atoms with E-state index in [1.54, 1.807) is 6.07 Å². The number of benzene rings is 1. The minimum Gasteiger partial charge on any atom is -0.384 e. The standard InChI is InChI=1S/C9H12N2O2S/c10-14(12,13)8-5-1-3-7-4-2-6-11-9(7)8/h1,3,5,11H,2,4,6H2,(H2,10,12,13). The fourth-order valence-corrected chi connectivity index (χ4v) is 2.47. The lowest BCUT2D eigenvalue weighted by Gasteiger charge is -2.19. The molecule has 1 aromatic rings. The van der Waals surface area contributed by atoms with E-state index >= 15 is 0 Å². The van der Waals surface area contributed by atoms with Crippen molar-refractivity contribution in [2.75, 3.05) is 11.9 Å². The Kier molecular flexibility index (Phi) is 2.20. The number of fused-ring (bicyclic) bond motifs is 1. The van der Waals surface area contributed by atoms with Crippen LogP contribution in [0.1, 0.15) is 12.0 Å². The van der Waals surface area contributed by atoms with Crippen LogP contribution in [0.25, 0.3) is 0 Å². The first-order valence-corrected chi connectivity index (χ1v) is 6.02. The summed E-state index contributed by atoms with van der Waals surface area (Å²) < 4.78 is 22.5. The molecule has 76 valence electrons. The van der Waals surface area contributed by atoms with Crippen LogP contribution >= 0.6 is 0 Å². The van der Waals surface area contributed by atoms with Crippen LogP contribution in [0.15, 0.2) is 23.1 Å². The quantitative estimate of drug-likeness (QED) is 0.719. The van der Waals surface area contributed by atoms with Gasteiger partial charge in [0, 0.05) is 6.54 Å². The summed E-state index contributed by atoms with van der Waals surface area (Å²) in [5.74, 6) is 0. The molecule has 0 aromatic heterocycles. The van der Waals surface area contributed by atoms with Gasteiger partial charge in [-0.1, -0.05) is 12.1 Å². The van der Waals surface area contributed by atoms with Gasteiger partial charge < -0.3 is 5.32 Å². The predicted molar refractivity (Wildman–Crippen MR) is 54.6 cm³/mol. The van der Waals surface area contributed by atoms with Crippen molar-refractivity contribution in [1.29, 1.82) is 0 Å². The molecule has 1 aromatic carbocycles. The molecule has 1 heterocycles. The molecule has 0 saturated heterocycles. The molecule has 0 atom stereocenters. The van der Waals surface area contributed by atoms with Crippen molar-refractivity contribution in [3.05, 3.63) is 23.8 Å². The molecule has 1 aliphatic rings. The van der Waals surface area contributed by atoms with Gasteiger partial charge in [0.2, 0.25) is 10.0 Å². The van der Waals surface area contributed by atoms with Crippen LogP contribution in [0.4, 0.5) is 5.69 Å². The molecule has 5 heteroatoms. The third-order valence-electron chi connectivity index (χ3n) is 2.34. The van der Waals surface area contributed by atoms with Crippen molar-refractivity contribution in [3.8, 4) is 0 Å². The van der Waals surface area contributed by atoms with Gasteiger partial charge in [0.25, 0.3) is 0 Å². The maximum atomic E-state index is 11.2. The van der Waals surface area contributed by atoms with Crippen molar-refractivity contribution in [1.82, 2.24) is 0 Å². The number of nitrogens with two attached hydrogens (primary N) is 1. The van der Waals surface area contributed by atoms with E-state index in [0.717, 1.165) is 24.9 Å². The minimum absolute atomic E-state index is 0.203. The van der Waals surface area contributed by atoms with Crippen LogP contribution in [0, 0.1) is 0 Å². The summed E-state index contributed by atoms with van der Waals surface area (Å²) in [4.78, 5) is 0.203. The number of aryl methyl sites for hydroxylation is 1. The Balaban J connectivity index is 2.62. The first kappa shape index (κ1) is 9.48. The van der Waals surface area contributed by atoms with E-state index in [-0.39, 0.29) is 4.90 Å². The summed E-state index contributed by atoms with van der Waals surface area (Å²) in [5.41, 5.74) is 1.71. The highest BCUT2D eigenvalue weighted by Gasteiger charge is 2.18. The van der Waals surface area contributed by atoms with Gasteiger partial charge in [0.1, 0.15) is 4.90 Å². The first-order chi connectivity index (χ1) is 6.59. The number of rotatable bonds is 1. The lowest BCUT2D eigenvalue weighted by molar-refractivity contribution is 0.597. The molecular formula is C9H12N2O2S. The van der Waals surface area contributed by atoms with E-state index in [0.29, 0.717) is 5.69 Å². The lowest BCUT2D eigenvalue weighted by Crippen LogP contribution is -2.19. The Morgan fingerprint density at radius 3 is 2.86 bits per heavy atom. The van der Waals surface area contributed by atoms with E-state index in [9.17, 15) is 8.42 Å². The van der Waals surface area contributed by atoms with Gasteiger partial charge in [-0.15, -0.1) is 0 Å². The van der Waals surface area contributed by atoms with Crippen molar-refractivity contribution in [2.45, 2.75) is 17.7 Å². The number of primary sulfonamides is 1. The monoisotopic (exact) mass is 212 g/mol. The van der Waals surface area contributed by atoms with E-state index in [1.807, 2.05) is 6.07 Å².